The molecule has 1 aromatic heterocycles. The second-order valence-corrected chi connectivity index (χ2v) is 9.08. The first-order valence-electron chi connectivity index (χ1n) is 11.2. The van der Waals surface area contributed by atoms with Crippen molar-refractivity contribution in [3.8, 4) is 5.69 Å². The first-order valence-corrected chi connectivity index (χ1v) is 11.6. The normalized spacial score (nSPS) is 21.6. The van der Waals surface area contributed by atoms with Gasteiger partial charge >= 0.3 is 5.97 Å². The van der Waals surface area contributed by atoms with Gasteiger partial charge in [0.05, 0.1) is 35.9 Å². The number of allylic oxidation sites excluding steroid dienone is 1. The molecule has 3 aromatic rings. The van der Waals surface area contributed by atoms with Crippen molar-refractivity contribution < 1.29 is 14.3 Å². The molecule has 2 heterocycles. The van der Waals surface area contributed by atoms with Crippen molar-refractivity contribution in [2.75, 3.05) is 17.7 Å². The number of anilines is 2. The minimum Gasteiger partial charge on any atom is -0.468 e. The number of ketones is 1. The van der Waals surface area contributed by atoms with Gasteiger partial charge in [-0.1, -0.05) is 48.9 Å². The lowest BCUT2D eigenvalue weighted by atomic mass is 9.75. The number of halogens is 1. The van der Waals surface area contributed by atoms with Crippen LogP contribution in [0, 0.1) is 18.8 Å². The Balaban J connectivity index is 1.70. The molecule has 0 fully saturated rings. The topological polar surface area (TPSA) is 85.2 Å². The Hall–Kier alpha value is -3.58. The maximum absolute atomic E-state index is 13.8. The van der Waals surface area contributed by atoms with Gasteiger partial charge in [0.15, 0.2) is 5.78 Å². The van der Waals surface area contributed by atoms with E-state index in [1.165, 1.54) is 7.11 Å². The molecule has 0 spiro atoms. The zero-order valence-corrected chi connectivity index (χ0v) is 19.9. The van der Waals surface area contributed by atoms with Crippen molar-refractivity contribution in [2.24, 2.45) is 11.8 Å². The number of hydrogen-bond donors (Lipinski definition) is 2. The van der Waals surface area contributed by atoms with Gasteiger partial charge in [0, 0.05) is 16.8 Å². The van der Waals surface area contributed by atoms with E-state index in [0.29, 0.717) is 28.4 Å². The van der Waals surface area contributed by atoms with Crippen LogP contribution < -0.4 is 10.6 Å². The third kappa shape index (κ3) is 3.56. The Morgan fingerprint density at radius 1 is 1.12 bits per heavy atom. The van der Waals surface area contributed by atoms with Gasteiger partial charge in [0.25, 0.3) is 0 Å². The van der Waals surface area contributed by atoms with Crippen LogP contribution in [0.2, 0.25) is 5.15 Å². The van der Waals surface area contributed by atoms with Crippen molar-refractivity contribution >= 4 is 34.7 Å². The van der Waals surface area contributed by atoms with Gasteiger partial charge in [-0.2, -0.15) is 5.10 Å². The molecule has 34 heavy (non-hydrogen) atoms. The zero-order chi connectivity index (χ0) is 24.0. The van der Waals surface area contributed by atoms with E-state index in [2.05, 4.69) is 15.7 Å². The van der Waals surface area contributed by atoms with Crippen LogP contribution in [0.1, 0.15) is 30.6 Å². The second-order valence-electron chi connectivity index (χ2n) is 8.72. The van der Waals surface area contributed by atoms with Gasteiger partial charge < -0.3 is 15.4 Å². The predicted octanol–water partition coefficient (Wildman–Crippen LogP) is 5.07. The summed E-state index contributed by atoms with van der Waals surface area (Å²) >= 11 is 6.93. The maximum Gasteiger partial charge on any atom is 0.316 e. The standard InChI is InChI=1S/C26H25ClN4O3/c1-14-13-19-22(24(32)20(14)26(33)34-3)23(29-18-12-8-7-11-17(18)28-19)21-15(2)30-31(25(21)27)16-9-5-4-6-10-16/h4-12,14,20,23,28-29H,13H2,1-3H3/t14-,20-,23-/m1/s1. The van der Waals surface area contributed by atoms with Crippen molar-refractivity contribution in [3.63, 3.8) is 0 Å². The zero-order valence-electron chi connectivity index (χ0n) is 19.1. The number of nitrogens with zero attached hydrogens (tertiary/aromatic N) is 2. The number of esters is 1. The summed E-state index contributed by atoms with van der Waals surface area (Å²) in [6.45, 7) is 3.77. The molecule has 2 aromatic carbocycles. The van der Waals surface area contributed by atoms with Crippen LogP contribution in [0.15, 0.2) is 65.9 Å². The number of nitrogens with one attached hydrogen (secondary N) is 2. The van der Waals surface area contributed by atoms with Crippen molar-refractivity contribution in [1.82, 2.24) is 9.78 Å². The minimum atomic E-state index is -0.876. The van der Waals surface area contributed by atoms with Crippen LogP contribution in [0.4, 0.5) is 11.4 Å². The monoisotopic (exact) mass is 476 g/mol. The Bertz CT molecular complexity index is 1310. The highest BCUT2D eigenvalue weighted by Crippen LogP contribution is 2.46. The first kappa shape index (κ1) is 22.2. The molecule has 0 saturated carbocycles. The molecule has 1 aliphatic carbocycles. The van der Waals surface area contributed by atoms with E-state index < -0.39 is 17.9 Å². The predicted molar refractivity (Wildman–Crippen MR) is 131 cm³/mol. The number of aromatic nitrogens is 2. The van der Waals surface area contributed by atoms with Gasteiger partial charge in [0.1, 0.15) is 11.1 Å². The lowest BCUT2D eigenvalue weighted by Gasteiger charge is -2.32. The summed E-state index contributed by atoms with van der Waals surface area (Å²) in [7, 11) is 1.31. The van der Waals surface area contributed by atoms with E-state index in [1.807, 2.05) is 68.4 Å². The number of Topliss-reactive ketones (excluding diaryl/α,β-unsaturated/α-hetero) is 1. The summed E-state index contributed by atoms with van der Waals surface area (Å²) in [4.78, 5) is 26.4. The summed E-state index contributed by atoms with van der Waals surface area (Å²) in [5.74, 6) is -1.87. The van der Waals surface area contributed by atoms with Crippen molar-refractivity contribution in [3.05, 3.63) is 82.3 Å². The quantitative estimate of drug-likeness (QED) is 0.405. The second kappa shape index (κ2) is 8.65. The van der Waals surface area contributed by atoms with Gasteiger partial charge in [-0.25, -0.2) is 4.68 Å². The summed E-state index contributed by atoms with van der Waals surface area (Å²) in [5.41, 5.74) is 5.17. The Morgan fingerprint density at radius 3 is 2.50 bits per heavy atom. The van der Waals surface area contributed by atoms with Crippen molar-refractivity contribution in [1.29, 1.82) is 0 Å². The van der Waals surface area contributed by atoms with E-state index in [1.54, 1.807) is 4.68 Å². The van der Waals surface area contributed by atoms with Crippen LogP contribution >= 0.6 is 11.6 Å². The van der Waals surface area contributed by atoms with Gasteiger partial charge in [-0.3, -0.25) is 9.59 Å². The summed E-state index contributed by atoms with van der Waals surface area (Å²) in [5, 5.41) is 12.1. The fraction of sp³-hybridized carbons (Fsp3) is 0.269. The number of fused-ring (bicyclic) bond motifs is 1. The number of carbonyl (C=O) groups excluding carboxylic acids is 2. The summed E-state index contributed by atoms with van der Waals surface area (Å²) in [6.07, 6.45) is 0.525. The lowest BCUT2D eigenvalue weighted by Crippen LogP contribution is -2.39. The molecule has 7 nitrogen and oxygen atoms in total. The number of ether oxygens (including phenoxy) is 1. The molecule has 0 bridgehead atoms. The number of rotatable bonds is 3. The molecular weight excluding hydrogens is 452 g/mol. The first-order chi connectivity index (χ1) is 16.4. The molecule has 2 N–H and O–H groups in total. The third-order valence-corrected chi connectivity index (χ3v) is 6.93. The molecule has 1 aliphatic heterocycles. The third-order valence-electron chi connectivity index (χ3n) is 6.56. The highest BCUT2D eigenvalue weighted by Gasteiger charge is 2.45. The number of benzene rings is 2. The molecule has 8 heteroatoms. The number of para-hydroxylation sites is 3. The van der Waals surface area contributed by atoms with Crippen LogP contribution in [0.25, 0.3) is 5.69 Å². The molecule has 3 atom stereocenters. The minimum absolute atomic E-state index is 0.208. The largest absolute Gasteiger partial charge is 0.468 e. The van der Waals surface area contributed by atoms with E-state index >= 15 is 0 Å². The van der Waals surface area contributed by atoms with Crippen LogP contribution in [0.3, 0.4) is 0 Å². The van der Waals surface area contributed by atoms with Crippen LogP contribution in [-0.2, 0) is 14.3 Å². The number of hydrogen-bond acceptors (Lipinski definition) is 6. The smallest absolute Gasteiger partial charge is 0.316 e. The Morgan fingerprint density at radius 2 is 1.79 bits per heavy atom. The Kier molecular flexibility index (Phi) is 5.65. The number of carbonyl (C=O) groups is 2. The van der Waals surface area contributed by atoms with E-state index in [9.17, 15) is 9.59 Å². The molecule has 2 aliphatic rings. The number of aryl methyl sites for hydroxylation is 1. The average molecular weight is 477 g/mol. The van der Waals surface area contributed by atoms with Crippen LogP contribution in [-0.4, -0.2) is 28.6 Å². The molecule has 0 radical (unpaired) electrons. The van der Waals surface area contributed by atoms with Gasteiger partial charge in [0.2, 0.25) is 0 Å². The molecule has 0 unspecified atom stereocenters. The van der Waals surface area contributed by atoms with Gasteiger partial charge in [-0.15, -0.1) is 0 Å². The highest BCUT2D eigenvalue weighted by atomic mass is 35.5. The molecule has 0 amide bonds. The molecular formula is C26H25ClN4O3. The Labute approximate surface area is 202 Å². The van der Waals surface area contributed by atoms with E-state index in [-0.39, 0.29) is 11.7 Å². The van der Waals surface area contributed by atoms with E-state index in [0.717, 1.165) is 22.8 Å². The number of methoxy groups -OCH3 is 1. The average Bonchev–Trinajstić information content (AvgIpc) is 3.02. The maximum atomic E-state index is 13.8. The molecule has 5 rings (SSSR count). The summed E-state index contributed by atoms with van der Waals surface area (Å²) < 4.78 is 6.66. The van der Waals surface area contributed by atoms with Crippen LogP contribution in [0.5, 0.6) is 0 Å². The lowest BCUT2D eigenvalue weighted by molar-refractivity contribution is -0.151. The highest BCUT2D eigenvalue weighted by molar-refractivity contribution is 6.31. The molecule has 174 valence electrons. The van der Waals surface area contributed by atoms with Gasteiger partial charge in [-0.05, 0) is 43.5 Å². The van der Waals surface area contributed by atoms with Crippen molar-refractivity contribution in [2.45, 2.75) is 26.3 Å². The fourth-order valence-corrected chi connectivity index (χ4v) is 5.31. The fourth-order valence-electron chi connectivity index (χ4n) is 4.93. The summed E-state index contributed by atoms with van der Waals surface area (Å²) in [6, 6.07) is 16.8. The molecule has 0 saturated heterocycles. The van der Waals surface area contributed by atoms with E-state index in [4.69, 9.17) is 16.3 Å². The SMILES string of the molecule is COC(=O)[C@H]1C(=O)C2=C(C[C@H]1C)Nc1ccccc1N[C@@H]2c1c(C)nn(-c2ccccc2)c1Cl.